The Balaban J connectivity index is 2.16. The fourth-order valence-electron chi connectivity index (χ4n) is 2.52. The summed E-state index contributed by atoms with van der Waals surface area (Å²) in [6.45, 7) is 0.808. The van der Waals surface area contributed by atoms with Gasteiger partial charge in [-0.1, -0.05) is 11.6 Å². The van der Waals surface area contributed by atoms with Gasteiger partial charge in [0.1, 0.15) is 5.82 Å². The van der Waals surface area contributed by atoms with Gasteiger partial charge < -0.3 is 16.0 Å². The predicted octanol–water partition coefficient (Wildman–Crippen LogP) is 2.14. The number of rotatable bonds is 3. The average molecular weight is 314 g/mol. The largest absolute Gasteiger partial charge is 0.352 e. The number of primary amides is 1. The van der Waals surface area contributed by atoms with E-state index in [0.717, 1.165) is 25.3 Å². The second-order valence-corrected chi connectivity index (χ2v) is 5.45. The molecule has 7 heteroatoms. The minimum Gasteiger partial charge on any atom is -0.352 e. The molecule has 0 spiro atoms. The molecular formula is C14H17ClFN3O2. The number of nitrogens with one attached hydrogen (secondary N) is 1. The van der Waals surface area contributed by atoms with Crippen molar-refractivity contribution in [3.05, 3.63) is 34.6 Å². The van der Waals surface area contributed by atoms with E-state index in [1.54, 1.807) is 4.90 Å². The molecule has 21 heavy (non-hydrogen) atoms. The van der Waals surface area contributed by atoms with Crippen molar-refractivity contribution in [3.63, 3.8) is 0 Å². The van der Waals surface area contributed by atoms with E-state index in [9.17, 15) is 14.0 Å². The Morgan fingerprint density at radius 2 is 2.19 bits per heavy atom. The first kappa shape index (κ1) is 15.6. The van der Waals surface area contributed by atoms with Gasteiger partial charge >= 0.3 is 6.03 Å². The van der Waals surface area contributed by atoms with Crippen LogP contribution in [0.15, 0.2) is 18.2 Å². The first-order valence-electron chi connectivity index (χ1n) is 6.78. The number of carbonyl (C=O) groups excluding carboxylic acids is 2. The Morgan fingerprint density at radius 3 is 2.86 bits per heavy atom. The van der Waals surface area contributed by atoms with E-state index in [4.69, 9.17) is 17.3 Å². The summed E-state index contributed by atoms with van der Waals surface area (Å²) in [5.74, 6) is -1.03. The number of amides is 3. The van der Waals surface area contributed by atoms with Crippen molar-refractivity contribution in [1.82, 2.24) is 10.2 Å². The smallest absolute Gasteiger partial charge is 0.312 e. The number of halogens is 2. The van der Waals surface area contributed by atoms with Gasteiger partial charge in [-0.2, -0.15) is 0 Å². The van der Waals surface area contributed by atoms with Gasteiger partial charge in [0.15, 0.2) is 0 Å². The molecule has 1 heterocycles. The topological polar surface area (TPSA) is 75.4 Å². The number of benzene rings is 1. The number of nitrogens with two attached hydrogens (primary N) is 1. The third-order valence-corrected chi connectivity index (χ3v) is 3.80. The Hall–Kier alpha value is -1.82. The maximum absolute atomic E-state index is 13.9. The van der Waals surface area contributed by atoms with Crippen LogP contribution in [0.1, 0.15) is 29.6 Å². The van der Waals surface area contributed by atoms with Crippen molar-refractivity contribution in [2.24, 2.45) is 5.73 Å². The maximum Gasteiger partial charge on any atom is 0.312 e. The van der Waals surface area contributed by atoms with Gasteiger partial charge in [0.25, 0.3) is 5.91 Å². The Labute approximate surface area is 127 Å². The SMILES string of the molecule is NC(=O)NC[C@H]1CCCCN1C(=O)c1ccc(Cl)cc1F. The Kier molecular flexibility index (Phi) is 5.01. The zero-order chi connectivity index (χ0) is 15.4. The Bertz CT molecular complexity index is 553. The molecule has 3 N–H and O–H groups in total. The molecule has 1 aromatic rings. The van der Waals surface area contributed by atoms with Crippen LogP contribution >= 0.6 is 11.6 Å². The average Bonchev–Trinajstić information content (AvgIpc) is 2.45. The lowest BCUT2D eigenvalue weighted by atomic mass is 10.0. The molecule has 1 aliphatic heterocycles. The lowest BCUT2D eigenvalue weighted by molar-refractivity contribution is 0.0610. The molecule has 3 amide bonds. The number of hydrogen-bond donors (Lipinski definition) is 2. The summed E-state index contributed by atoms with van der Waals surface area (Å²) in [6.07, 6.45) is 2.56. The van der Waals surface area contributed by atoms with E-state index in [1.165, 1.54) is 12.1 Å². The summed E-state index contributed by atoms with van der Waals surface area (Å²) >= 11 is 5.69. The summed E-state index contributed by atoms with van der Waals surface area (Å²) in [6, 6.07) is 3.18. The van der Waals surface area contributed by atoms with Crippen LogP contribution in [0.3, 0.4) is 0 Å². The van der Waals surface area contributed by atoms with Crippen LogP contribution < -0.4 is 11.1 Å². The summed E-state index contributed by atoms with van der Waals surface area (Å²) in [4.78, 5) is 24.9. The highest BCUT2D eigenvalue weighted by atomic mass is 35.5. The third-order valence-electron chi connectivity index (χ3n) is 3.56. The summed E-state index contributed by atoms with van der Waals surface area (Å²) < 4.78 is 13.9. The van der Waals surface area contributed by atoms with Gasteiger partial charge in [0.2, 0.25) is 0 Å². The van der Waals surface area contributed by atoms with Crippen LogP contribution in [0.25, 0.3) is 0 Å². The zero-order valence-electron chi connectivity index (χ0n) is 11.4. The van der Waals surface area contributed by atoms with Crippen LogP contribution in [-0.2, 0) is 0 Å². The van der Waals surface area contributed by atoms with E-state index in [-0.39, 0.29) is 29.1 Å². The summed E-state index contributed by atoms with van der Waals surface area (Å²) in [5.41, 5.74) is 5.05. The van der Waals surface area contributed by atoms with Gasteiger partial charge in [-0.15, -0.1) is 0 Å². The van der Waals surface area contributed by atoms with Crippen molar-refractivity contribution < 1.29 is 14.0 Å². The monoisotopic (exact) mass is 313 g/mol. The number of piperidine rings is 1. The van der Waals surface area contributed by atoms with Crippen LogP contribution in [0.4, 0.5) is 9.18 Å². The van der Waals surface area contributed by atoms with Gasteiger partial charge in [-0.3, -0.25) is 4.79 Å². The molecule has 1 atom stereocenters. The molecule has 0 saturated carbocycles. The first-order valence-corrected chi connectivity index (χ1v) is 7.16. The minimum absolute atomic E-state index is 0.00891. The van der Waals surface area contributed by atoms with Crippen molar-refractivity contribution in [2.75, 3.05) is 13.1 Å². The molecule has 0 radical (unpaired) electrons. The normalized spacial score (nSPS) is 18.4. The number of urea groups is 1. The van der Waals surface area contributed by atoms with Gasteiger partial charge in [0, 0.05) is 24.2 Å². The molecule has 1 saturated heterocycles. The quantitative estimate of drug-likeness (QED) is 0.897. The lowest BCUT2D eigenvalue weighted by Crippen LogP contribution is -2.50. The van der Waals surface area contributed by atoms with E-state index in [0.29, 0.717) is 6.54 Å². The van der Waals surface area contributed by atoms with Gasteiger partial charge in [-0.05, 0) is 37.5 Å². The number of nitrogens with zero attached hydrogens (tertiary/aromatic N) is 1. The summed E-state index contributed by atoms with van der Waals surface area (Å²) in [7, 11) is 0. The molecule has 0 unspecified atom stereocenters. The zero-order valence-corrected chi connectivity index (χ0v) is 12.2. The molecule has 0 aliphatic carbocycles. The molecule has 2 rings (SSSR count). The molecule has 1 aromatic carbocycles. The predicted molar refractivity (Wildman–Crippen MR) is 77.7 cm³/mol. The highest BCUT2D eigenvalue weighted by Gasteiger charge is 2.29. The second kappa shape index (κ2) is 6.76. The van der Waals surface area contributed by atoms with Crippen molar-refractivity contribution in [2.45, 2.75) is 25.3 Å². The first-order chi connectivity index (χ1) is 9.99. The number of hydrogen-bond acceptors (Lipinski definition) is 2. The molecule has 1 aliphatic rings. The Morgan fingerprint density at radius 1 is 1.43 bits per heavy atom. The van der Waals surface area contributed by atoms with Crippen LogP contribution in [-0.4, -0.2) is 36.0 Å². The van der Waals surface area contributed by atoms with E-state index >= 15 is 0 Å². The fourth-order valence-corrected chi connectivity index (χ4v) is 2.67. The molecule has 1 fully saturated rings. The number of likely N-dealkylation sites (tertiary alicyclic amines) is 1. The van der Waals surface area contributed by atoms with E-state index < -0.39 is 11.8 Å². The molecule has 0 aromatic heterocycles. The van der Waals surface area contributed by atoms with Gasteiger partial charge in [-0.25, -0.2) is 9.18 Å². The van der Waals surface area contributed by atoms with Crippen molar-refractivity contribution in [3.8, 4) is 0 Å². The lowest BCUT2D eigenvalue weighted by Gasteiger charge is -2.35. The van der Waals surface area contributed by atoms with Crippen LogP contribution in [0.2, 0.25) is 5.02 Å². The number of carbonyl (C=O) groups is 2. The second-order valence-electron chi connectivity index (χ2n) is 5.02. The van der Waals surface area contributed by atoms with Crippen molar-refractivity contribution >= 4 is 23.5 Å². The highest BCUT2D eigenvalue weighted by molar-refractivity contribution is 6.30. The third kappa shape index (κ3) is 3.85. The molecule has 114 valence electrons. The van der Waals surface area contributed by atoms with Crippen molar-refractivity contribution in [1.29, 1.82) is 0 Å². The molecular weight excluding hydrogens is 297 g/mol. The minimum atomic E-state index is -0.639. The van der Waals surface area contributed by atoms with Crippen LogP contribution in [0, 0.1) is 5.82 Å². The highest BCUT2D eigenvalue weighted by Crippen LogP contribution is 2.22. The standard InChI is InChI=1S/C14H17ClFN3O2/c15-9-4-5-11(12(16)7-9)13(20)19-6-2-1-3-10(19)8-18-14(17)21/h4-5,7,10H,1-3,6,8H2,(H3,17,18,21)/t10-/m1/s1. The van der Waals surface area contributed by atoms with E-state index in [2.05, 4.69) is 5.32 Å². The molecule has 5 nitrogen and oxygen atoms in total. The maximum atomic E-state index is 13.9. The van der Waals surface area contributed by atoms with Gasteiger partial charge in [0.05, 0.1) is 5.56 Å². The fraction of sp³-hybridized carbons (Fsp3) is 0.429. The summed E-state index contributed by atoms with van der Waals surface area (Å²) in [5, 5.41) is 2.75. The van der Waals surface area contributed by atoms with Crippen LogP contribution in [0.5, 0.6) is 0 Å². The molecule has 0 bridgehead atoms. The van der Waals surface area contributed by atoms with E-state index in [1.807, 2.05) is 0 Å².